The largest absolute Gasteiger partial charge is 0.481 e. The van der Waals surface area contributed by atoms with Crippen molar-refractivity contribution in [1.82, 2.24) is 9.97 Å². The normalized spacial score (nSPS) is 9.94. The molecule has 0 bridgehead atoms. The fourth-order valence-electron chi connectivity index (χ4n) is 1.49. The van der Waals surface area contributed by atoms with Gasteiger partial charge in [-0.25, -0.2) is 9.97 Å². The number of nitrogens with one attached hydrogen (secondary N) is 1. The quantitative estimate of drug-likeness (QED) is 0.587. The van der Waals surface area contributed by atoms with Crippen LogP contribution < -0.4 is 10.1 Å². The topological polar surface area (TPSA) is 73.3 Å². The van der Waals surface area contributed by atoms with E-state index in [1.807, 2.05) is 6.92 Å². The second kappa shape index (κ2) is 7.47. The van der Waals surface area contributed by atoms with E-state index in [0.717, 1.165) is 11.4 Å². The van der Waals surface area contributed by atoms with E-state index in [1.165, 1.54) is 6.33 Å². The van der Waals surface area contributed by atoms with Crippen molar-refractivity contribution >= 4 is 11.8 Å². The van der Waals surface area contributed by atoms with Gasteiger partial charge in [0.2, 0.25) is 5.88 Å². The summed E-state index contributed by atoms with van der Waals surface area (Å²) in [6.45, 7) is 4.76. The van der Waals surface area contributed by atoms with Gasteiger partial charge in [0.15, 0.2) is 0 Å². The van der Waals surface area contributed by atoms with Crippen LogP contribution in [0.3, 0.4) is 0 Å². The minimum atomic E-state index is -0.170. The average Bonchev–Trinajstić information content (AvgIpc) is 2.36. The van der Waals surface area contributed by atoms with Crippen LogP contribution in [0.15, 0.2) is 6.33 Å². The number of ether oxygens (including phenoxy) is 2. The zero-order chi connectivity index (χ0) is 13.4. The number of nitrogens with zero attached hydrogens (tertiary/aromatic N) is 2. The highest BCUT2D eigenvalue weighted by molar-refractivity contribution is 5.69. The van der Waals surface area contributed by atoms with Crippen molar-refractivity contribution in [2.75, 3.05) is 25.6 Å². The van der Waals surface area contributed by atoms with Gasteiger partial charge in [0, 0.05) is 13.0 Å². The molecule has 6 nitrogen and oxygen atoms in total. The summed E-state index contributed by atoms with van der Waals surface area (Å²) in [7, 11) is 1.57. The van der Waals surface area contributed by atoms with E-state index in [9.17, 15) is 4.79 Å². The second-order valence-corrected chi connectivity index (χ2v) is 3.69. The lowest BCUT2D eigenvalue weighted by atomic mass is 10.3. The molecule has 0 spiro atoms. The van der Waals surface area contributed by atoms with Crippen LogP contribution in [-0.4, -0.2) is 36.2 Å². The summed E-state index contributed by atoms with van der Waals surface area (Å²) in [6, 6.07) is 0. The first-order valence-electron chi connectivity index (χ1n) is 5.94. The molecular formula is C12H19N3O3. The summed E-state index contributed by atoms with van der Waals surface area (Å²) in [4.78, 5) is 19.2. The molecule has 0 radical (unpaired) electrons. The van der Waals surface area contributed by atoms with Crippen LogP contribution in [0.2, 0.25) is 0 Å². The first-order valence-corrected chi connectivity index (χ1v) is 5.94. The van der Waals surface area contributed by atoms with E-state index in [2.05, 4.69) is 15.3 Å². The Hall–Kier alpha value is -1.85. The zero-order valence-electron chi connectivity index (χ0n) is 11.0. The van der Waals surface area contributed by atoms with Crippen LogP contribution >= 0.6 is 0 Å². The summed E-state index contributed by atoms with van der Waals surface area (Å²) < 4.78 is 9.94. The van der Waals surface area contributed by atoms with Crippen molar-refractivity contribution in [3.8, 4) is 5.88 Å². The molecule has 0 unspecified atom stereocenters. The first-order chi connectivity index (χ1) is 8.69. The lowest BCUT2D eigenvalue weighted by Gasteiger charge is -2.10. The van der Waals surface area contributed by atoms with E-state index in [4.69, 9.17) is 9.47 Å². The van der Waals surface area contributed by atoms with Crippen molar-refractivity contribution in [3.63, 3.8) is 0 Å². The lowest BCUT2D eigenvalue weighted by Crippen LogP contribution is -2.10. The van der Waals surface area contributed by atoms with Gasteiger partial charge in [-0.05, 0) is 20.3 Å². The van der Waals surface area contributed by atoms with Gasteiger partial charge in [0.25, 0.3) is 0 Å². The molecule has 0 saturated carbocycles. The van der Waals surface area contributed by atoms with Crippen molar-refractivity contribution in [3.05, 3.63) is 11.9 Å². The molecule has 1 aromatic rings. The molecule has 18 heavy (non-hydrogen) atoms. The van der Waals surface area contributed by atoms with Gasteiger partial charge in [-0.2, -0.15) is 0 Å². The molecule has 0 saturated heterocycles. The molecule has 1 heterocycles. The molecule has 0 fully saturated rings. The Balaban J connectivity index is 2.38. The number of hydrogen-bond acceptors (Lipinski definition) is 6. The summed E-state index contributed by atoms with van der Waals surface area (Å²) in [5, 5.41) is 3.15. The third kappa shape index (κ3) is 4.20. The molecule has 1 N–H and O–H groups in total. The molecule has 0 aliphatic heterocycles. The molecule has 0 aliphatic carbocycles. The van der Waals surface area contributed by atoms with Crippen LogP contribution in [0.4, 0.5) is 5.82 Å². The van der Waals surface area contributed by atoms with Crippen molar-refractivity contribution in [2.24, 2.45) is 0 Å². The third-order valence-electron chi connectivity index (χ3n) is 2.39. The van der Waals surface area contributed by atoms with Crippen LogP contribution in [0.1, 0.15) is 25.3 Å². The molecular weight excluding hydrogens is 234 g/mol. The van der Waals surface area contributed by atoms with Gasteiger partial charge < -0.3 is 14.8 Å². The number of hydrogen-bond donors (Lipinski definition) is 1. The van der Waals surface area contributed by atoms with Gasteiger partial charge in [-0.3, -0.25) is 4.79 Å². The summed E-state index contributed by atoms with van der Waals surface area (Å²) >= 11 is 0. The van der Waals surface area contributed by atoms with Crippen molar-refractivity contribution < 1.29 is 14.3 Å². The maximum absolute atomic E-state index is 11.1. The number of methoxy groups -OCH3 is 1. The van der Waals surface area contributed by atoms with E-state index >= 15 is 0 Å². The molecule has 0 aromatic carbocycles. The third-order valence-corrected chi connectivity index (χ3v) is 2.39. The summed E-state index contributed by atoms with van der Waals surface area (Å²) in [5.74, 6) is 1.11. The molecule has 0 atom stereocenters. The molecule has 1 rings (SSSR count). The second-order valence-electron chi connectivity index (χ2n) is 3.69. The molecule has 0 amide bonds. The van der Waals surface area contributed by atoms with E-state index in [1.54, 1.807) is 14.0 Å². The van der Waals surface area contributed by atoms with Gasteiger partial charge in [-0.1, -0.05) is 0 Å². The van der Waals surface area contributed by atoms with Crippen molar-refractivity contribution in [1.29, 1.82) is 0 Å². The minimum Gasteiger partial charge on any atom is -0.481 e. The average molecular weight is 253 g/mol. The predicted octanol–water partition coefficient (Wildman–Crippen LogP) is 1.55. The fraction of sp³-hybridized carbons (Fsp3) is 0.583. The lowest BCUT2D eigenvalue weighted by molar-refractivity contribution is -0.143. The van der Waals surface area contributed by atoms with E-state index < -0.39 is 0 Å². The number of esters is 1. The molecule has 0 aliphatic rings. The monoisotopic (exact) mass is 253 g/mol. The van der Waals surface area contributed by atoms with E-state index in [0.29, 0.717) is 31.9 Å². The first kappa shape index (κ1) is 14.2. The standard InChI is InChI=1S/C12H19N3O3/c1-4-18-10(16)6-5-7-13-11-9(2)12(17-3)15-8-14-11/h8H,4-7H2,1-3H3,(H,13,14,15). The van der Waals surface area contributed by atoms with Crippen LogP contribution in [-0.2, 0) is 9.53 Å². The van der Waals surface area contributed by atoms with Crippen LogP contribution in [0.5, 0.6) is 5.88 Å². The number of aromatic nitrogens is 2. The van der Waals surface area contributed by atoms with E-state index in [-0.39, 0.29) is 5.97 Å². The Morgan fingerprint density at radius 2 is 2.22 bits per heavy atom. The minimum absolute atomic E-state index is 0.170. The smallest absolute Gasteiger partial charge is 0.305 e. The maximum Gasteiger partial charge on any atom is 0.305 e. The Bertz CT molecular complexity index is 396. The maximum atomic E-state index is 11.1. The molecule has 6 heteroatoms. The SMILES string of the molecule is CCOC(=O)CCCNc1ncnc(OC)c1C. The van der Waals surface area contributed by atoms with Gasteiger partial charge in [0.05, 0.1) is 19.3 Å². The molecule has 1 aromatic heterocycles. The van der Waals surface area contributed by atoms with Gasteiger partial charge >= 0.3 is 5.97 Å². The fourth-order valence-corrected chi connectivity index (χ4v) is 1.49. The highest BCUT2D eigenvalue weighted by Crippen LogP contribution is 2.19. The Kier molecular flexibility index (Phi) is 5.90. The Morgan fingerprint density at radius 3 is 2.89 bits per heavy atom. The number of rotatable bonds is 7. The number of anilines is 1. The zero-order valence-corrected chi connectivity index (χ0v) is 11.0. The number of carbonyl (C=O) groups is 1. The van der Waals surface area contributed by atoms with Crippen LogP contribution in [0.25, 0.3) is 0 Å². The van der Waals surface area contributed by atoms with Crippen molar-refractivity contribution in [2.45, 2.75) is 26.7 Å². The van der Waals surface area contributed by atoms with Gasteiger partial charge in [-0.15, -0.1) is 0 Å². The van der Waals surface area contributed by atoms with Crippen LogP contribution in [0, 0.1) is 6.92 Å². The number of carbonyl (C=O) groups excluding carboxylic acids is 1. The highest BCUT2D eigenvalue weighted by Gasteiger charge is 2.07. The van der Waals surface area contributed by atoms with Gasteiger partial charge in [0.1, 0.15) is 12.1 Å². The predicted molar refractivity (Wildman–Crippen MR) is 67.7 cm³/mol. The molecule has 100 valence electrons. The highest BCUT2D eigenvalue weighted by atomic mass is 16.5. The Labute approximate surface area is 107 Å². The summed E-state index contributed by atoms with van der Waals surface area (Å²) in [6.07, 6.45) is 2.55. The Morgan fingerprint density at radius 1 is 1.44 bits per heavy atom. The summed E-state index contributed by atoms with van der Waals surface area (Å²) in [5.41, 5.74) is 0.858.